The summed E-state index contributed by atoms with van der Waals surface area (Å²) in [4.78, 5) is 23.4. The van der Waals surface area contributed by atoms with Gasteiger partial charge in [0.2, 0.25) is 0 Å². The Hall–Kier alpha value is -2.04. The number of anilines is 1. The van der Waals surface area contributed by atoms with Crippen LogP contribution in [0.25, 0.3) is 0 Å². The average Bonchev–Trinajstić information content (AvgIpc) is 2.50. The molecule has 0 unspecified atom stereocenters. The van der Waals surface area contributed by atoms with Gasteiger partial charge in [-0.1, -0.05) is 47.5 Å². The van der Waals surface area contributed by atoms with Crippen LogP contribution in [0.3, 0.4) is 0 Å². The number of carbonyl (C=O) groups is 2. The average molecular weight is 324 g/mol. The molecule has 0 saturated heterocycles. The van der Waals surface area contributed by atoms with Crippen LogP contribution in [-0.4, -0.2) is 18.5 Å². The van der Waals surface area contributed by atoms with E-state index in [-0.39, 0.29) is 5.02 Å². The molecule has 0 fully saturated rings. The first-order valence-corrected chi connectivity index (χ1v) is 6.79. The molecule has 0 spiro atoms. The maximum atomic E-state index is 11.7. The predicted octanol–water partition coefficient (Wildman–Crippen LogP) is 3.79. The minimum atomic E-state index is -0.567. The third kappa shape index (κ3) is 4.21. The molecule has 2 aromatic rings. The fourth-order valence-electron chi connectivity index (χ4n) is 1.58. The van der Waals surface area contributed by atoms with Crippen LogP contribution in [0, 0.1) is 0 Å². The van der Waals surface area contributed by atoms with Gasteiger partial charge < -0.3 is 10.1 Å². The zero-order valence-corrected chi connectivity index (χ0v) is 12.3. The molecule has 0 aromatic heterocycles. The van der Waals surface area contributed by atoms with Crippen molar-refractivity contribution >= 4 is 40.8 Å². The molecular weight excluding hydrogens is 313 g/mol. The predicted molar refractivity (Wildman–Crippen MR) is 81.8 cm³/mol. The number of carbonyl (C=O) groups excluding carboxylic acids is 2. The number of esters is 1. The van der Waals surface area contributed by atoms with Gasteiger partial charge >= 0.3 is 5.97 Å². The highest BCUT2D eigenvalue weighted by Crippen LogP contribution is 2.29. The second kappa shape index (κ2) is 7.11. The number of rotatable bonds is 4. The van der Waals surface area contributed by atoms with Gasteiger partial charge in [0.05, 0.1) is 21.3 Å². The molecule has 0 aliphatic heterocycles. The number of halogens is 2. The molecule has 0 bridgehead atoms. The number of nitrogens with one attached hydrogen (secondary N) is 1. The van der Waals surface area contributed by atoms with Crippen LogP contribution in [-0.2, 0) is 9.53 Å². The smallest absolute Gasteiger partial charge is 0.338 e. The summed E-state index contributed by atoms with van der Waals surface area (Å²) in [5, 5.41) is 3.09. The zero-order chi connectivity index (χ0) is 15.2. The Kier molecular flexibility index (Phi) is 5.20. The van der Waals surface area contributed by atoms with Crippen molar-refractivity contribution in [2.75, 3.05) is 11.9 Å². The second-order valence-corrected chi connectivity index (χ2v) is 4.88. The van der Waals surface area contributed by atoms with Crippen LogP contribution in [0.5, 0.6) is 0 Å². The monoisotopic (exact) mass is 323 g/mol. The molecular formula is C15H11Cl2NO3. The summed E-state index contributed by atoms with van der Waals surface area (Å²) in [6.45, 7) is -0.406. The first kappa shape index (κ1) is 15.4. The molecule has 6 heteroatoms. The Labute approximate surface area is 131 Å². The normalized spacial score (nSPS) is 10.0. The Balaban J connectivity index is 1.91. The minimum Gasteiger partial charge on any atom is -0.452 e. The van der Waals surface area contributed by atoms with Gasteiger partial charge in [0.1, 0.15) is 0 Å². The van der Waals surface area contributed by atoms with E-state index >= 15 is 0 Å². The van der Waals surface area contributed by atoms with E-state index in [9.17, 15) is 9.59 Å². The topological polar surface area (TPSA) is 55.4 Å². The van der Waals surface area contributed by atoms with E-state index in [1.807, 2.05) is 0 Å². The van der Waals surface area contributed by atoms with Crippen LogP contribution in [0.4, 0.5) is 5.69 Å². The Bertz CT molecular complexity index is 659. The molecule has 0 aliphatic rings. The lowest BCUT2D eigenvalue weighted by molar-refractivity contribution is -0.119. The molecule has 2 rings (SSSR count). The Morgan fingerprint density at radius 2 is 1.71 bits per heavy atom. The fraction of sp³-hybridized carbons (Fsp3) is 0.0667. The van der Waals surface area contributed by atoms with Crippen LogP contribution in [0.1, 0.15) is 10.4 Å². The quantitative estimate of drug-likeness (QED) is 0.871. The third-order valence-corrected chi connectivity index (χ3v) is 3.39. The molecule has 108 valence electrons. The highest BCUT2D eigenvalue weighted by atomic mass is 35.5. The summed E-state index contributed by atoms with van der Waals surface area (Å²) in [6.07, 6.45) is 0. The van der Waals surface area contributed by atoms with Gasteiger partial charge in [0.15, 0.2) is 6.61 Å². The lowest BCUT2D eigenvalue weighted by Gasteiger charge is -2.08. The van der Waals surface area contributed by atoms with Crippen LogP contribution in [0.15, 0.2) is 48.5 Å². The first-order chi connectivity index (χ1) is 10.1. The van der Waals surface area contributed by atoms with Crippen molar-refractivity contribution in [3.05, 3.63) is 64.1 Å². The summed E-state index contributed by atoms with van der Waals surface area (Å²) in [6, 6.07) is 13.3. The van der Waals surface area contributed by atoms with Gasteiger partial charge in [-0.25, -0.2) is 4.79 Å². The lowest BCUT2D eigenvalue weighted by atomic mass is 10.2. The molecule has 2 aromatic carbocycles. The standard InChI is InChI=1S/C15H11Cl2NO3/c16-11-7-4-8-12(14(11)17)18-13(19)9-21-15(20)10-5-2-1-3-6-10/h1-8H,9H2,(H,18,19). The lowest BCUT2D eigenvalue weighted by Crippen LogP contribution is -2.21. The summed E-state index contributed by atoms with van der Waals surface area (Å²) in [7, 11) is 0. The molecule has 0 radical (unpaired) electrons. The van der Waals surface area contributed by atoms with E-state index in [0.717, 1.165) is 0 Å². The highest BCUT2D eigenvalue weighted by Gasteiger charge is 2.11. The van der Waals surface area contributed by atoms with Gasteiger partial charge in [-0.3, -0.25) is 4.79 Å². The largest absolute Gasteiger partial charge is 0.452 e. The molecule has 1 N–H and O–H groups in total. The van der Waals surface area contributed by atoms with E-state index in [4.69, 9.17) is 27.9 Å². The zero-order valence-electron chi connectivity index (χ0n) is 10.8. The number of hydrogen-bond acceptors (Lipinski definition) is 3. The molecule has 1 amide bonds. The molecule has 0 heterocycles. The maximum absolute atomic E-state index is 11.7. The van der Waals surface area contributed by atoms with Crippen molar-refractivity contribution in [2.24, 2.45) is 0 Å². The molecule has 4 nitrogen and oxygen atoms in total. The third-order valence-electron chi connectivity index (χ3n) is 2.57. The van der Waals surface area contributed by atoms with Crippen molar-refractivity contribution in [3.8, 4) is 0 Å². The van der Waals surface area contributed by atoms with Gasteiger partial charge in [-0.15, -0.1) is 0 Å². The van der Waals surface area contributed by atoms with Gasteiger partial charge in [-0.05, 0) is 24.3 Å². The van der Waals surface area contributed by atoms with Gasteiger partial charge in [0, 0.05) is 0 Å². The minimum absolute atomic E-state index is 0.238. The van der Waals surface area contributed by atoms with Crippen molar-refractivity contribution in [1.29, 1.82) is 0 Å². The van der Waals surface area contributed by atoms with E-state index in [1.165, 1.54) is 0 Å². The van der Waals surface area contributed by atoms with Crippen molar-refractivity contribution in [3.63, 3.8) is 0 Å². The molecule has 0 saturated carbocycles. The Morgan fingerprint density at radius 3 is 2.43 bits per heavy atom. The number of amides is 1. The van der Waals surface area contributed by atoms with E-state index in [2.05, 4.69) is 5.32 Å². The Morgan fingerprint density at radius 1 is 1.00 bits per heavy atom. The summed E-state index contributed by atoms with van der Waals surface area (Å²) < 4.78 is 4.91. The van der Waals surface area contributed by atoms with E-state index in [1.54, 1.807) is 48.5 Å². The number of hydrogen-bond donors (Lipinski definition) is 1. The van der Waals surface area contributed by atoms with Gasteiger partial charge in [0.25, 0.3) is 5.91 Å². The maximum Gasteiger partial charge on any atom is 0.338 e. The highest BCUT2D eigenvalue weighted by molar-refractivity contribution is 6.44. The molecule has 0 atom stereocenters. The van der Waals surface area contributed by atoms with Crippen LogP contribution >= 0.6 is 23.2 Å². The van der Waals surface area contributed by atoms with Crippen molar-refractivity contribution in [1.82, 2.24) is 0 Å². The molecule has 21 heavy (non-hydrogen) atoms. The summed E-state index contributed by atoms with van der Waals surface area (Å²) in [5.41, 5.74) is 0.746. The summed E-state index contributed by atoms with van der Waals surface area (Å²) >= 11 is 11.8. The fourth-order valence-corrected chi connectivity index (χ4v) is 1.92. The second-order valence-electron chi connectivity index (χ2n) is 4.09. The van der Waals surface area contributed by atoms with Gasteiger partial charge in [-0.2, -0.15) is 0 Å². The van der Waals surface area contributed by atoms with Crippen molar-refractivity contribution in [2.45, 2.75) is 0 Å². The van der Waals surface area contributed by atoms with E-state index < -0.39 is 18.5 Å². The van der Waals surface area contributed by atoms with Crippen LogP contribution in [0.2, 0.25) is 10.0 Å². The number of benzene rings is 2. The van der Waals surface area contributed by atoms with Crippen molar-refractivity contribution < 1.29 is 14.3 Å². The first-order valence-electron chi connectivity index (χ1n) is 6.04. The van der Waals surface area contributed by atoms with Crippen LogP contribution < -0.4 is 5.32 Å². The van der Waals surface area contributed by atoms with E-state index in [0.29, 0.717) is 16.3 Å². The SMILES string of the molecule is O=C(COC(=O)c1ccccc1)Nc1cccc(Cl)c1Cl. The number of ether oxygens (including phenoxy) is 1. The summed E-state index contributed by atoms with van der Waals surface area (Å²) in [5.74, 6) is -1.06. The molecule has 0 aliphatic carbocycles.